The largest absolute Gasteiger partial charge is 0.224 e. The number of alkyl halides is 1. The third-order valence-electron chi connectivity index (χ3n) is 2.99. The molecule has 0 bridgehead atoms. The Morgan fingerprint density at radius 1 is 1.43 bits per heavy atom. The molecule has 0 amide bonds. The van der Waals surface area contributed by atoms with Gasteiger partial charge in [0.05, 0.1) is 0 Å². The van der Waals surface area contributed by atoms with Crippen LogP contribution in [0.2, 0.25) is 0 Å². The van der Waals surface area contributed by atoms with Gasteiger partial charge >= 0.3 is 0 Å². The van der Waals surface area contributed by atoms with Gasteiger partial charge in [0.2, 0.25) is 10.0 Å². The summed E-state index contributed by atoms with van der Waals surface area (Å²) < 4.78 is 25.1. The zero-order chi connectivity index (χ0) is 10.8. The third-order valence-corrected chi connectivity index (χ3v) is 6.23. The second kappa shape index (κ2) is 4.94. The van der Waals surface area contributed by atoms with Crippen LogP contribution >= 0.6 is 15.9 Å². The number of rotatable bonds is 3. The molecule has 84 valence electrons. The molecule has 0 spiro atoms. The highest BCUT2D eigenvalue weighted by Gasteiger charge is 2.32. The fraction of sp³-hybridized carbons (Fsp3) is 1.00. The molecular weight excluding hydrogens is 266 g/mol. The Labute approximate surface area is 95.0 Å². The van der Waals surface area contributed by atoms with Gasteiger partial charge in [-0.05, 0) is 25.7 Å². The maximum absolute atomic E-state index is 11.7. The Hall–Kier alpha value is 0.390. The SMILES string of the molecule is CC[C@@H]1CC[C@H](C)N(S(=O)(=O)CBr)C1. The summed E-state index contributed by atoms with van der Waals surface area (Å²) in [7, 11) is -3.06. The average Bonchev–Trinajstić information content (AvgIpc) is 2.18. The number of piperidine rings is 1. The van der Waals surface area contributed by atoms with Gasteiger partial charge in [0.1, 0.15) is 4.66 Å². The molecule has 0 aromatic heterocycles. The lowest BCUT2D eigenvalue weighted by Gasteiger charge is -2.36. The molecule has 1 aliphatic rings. The van der Waals surface area contributed by atoms with Gasteiger partial charge in [0, 0.05) is 12.6 Å². The Morgan fingerprint density at radius 2 is 2.07 bits per heavy atom. The number of hydrogen-bond acceptors (Lipinski definition) is 2. The summed E-state index contributed by atoms with van der Waals surface area (Å²) in [5, 5.41) is 0. The van der Waals surface area contributed by atoms with Crippen molar-refractivity contribution in [1.29, 1.82) is 0 Å². The highest BCUT2D eigenvalue weighted by atomic mass is 79.9. The lowest BCUT2D eigenvalue weighted by molar-refractivity contribution is 0.204. The van der Waals surface area contributed by atoms with E-state index in [2.05, 4.69) is 22.9 Å². The van der Waals surface area contributed by atoms with Crippen LogP contribution in [0, 0.1) is 5.92 Å². The Kier molecular flexibility index (Phi) is 4.40. The van der Waals surface area contributed by atoms with E-state index in [1.54, 1.807) is 4.31 Å². The molecule has 1 rings (SSSR count). The topological polar surface area (TPSA) is 37.4 Å². The Balaban J connectivity index is 2.75. The Morgan fingerprint density at radius 3 is 2.57 bits per heavy atom. The summed E-state index contributed by atoms with van der Waals surface area (Å²) >= 11 is 3.05. The number of hydrogen-bond donors (Lipinski definition) is 0. The zero-order valence-electron chi connectivity index (χ0n) is 8.74. The smallest absolute Gasteiger partial charge is 0.211 e. The molecule has 1 aliphatic heterocycles. The predicted molar refractivity (Wildman–Crippen MR) is 61.9 cm³/mol. The molecule has 0 unspecified atom stereocenters. The number of halogens is 1. The first kappa shape index (κ1) is 12.5. The van der Waals surface area contributed by atoms with Gasteiger partial charge in [-0.2, -0.15) is 4.31 Å². The lowest BCUT2D eigenvalue weighted by Crippen LogP contribution is -2.45. The van der Waals surface area contributed by atoms with E-state index in [-0.39, 0.29) is 10.7 Å². The first-order valence-electron chi connectivity index (χ1n) is 5.06. The molecule has 0 saturated carbocycles. The van der Waals surface area contributed by atoms with Crippen molar-refractivity contribution in [3.05, 3.63) is 0 Å². The second-order valence-corrected chi connectivity index (χ2v) is 7.22. The quantitative estimate of drug-likeness (QED) is 0.745. The van der Waals surface area contributed by atoms with Crippen molar-refractivity contribution in [1.82, 2.24) is 4.31 Å². The van der Waals surface area contributed by atoms with Gasteiger partial charge in [-0.1, -0.05) is 29.3 Å². The summed E-state index contributed by atoms with van der Waals surface area (Å²) in [6.45, 7) is 4.82. The molecule has 1 saturated heterocycles. The van der Waals surface area contributed by atoms with E-state index < -0.39 is 10.0 Å². The molecule has 0 radical (unpaired) electrons. The van der Waals surface area contributed by atoms with Gasteiger partial charge in [-0.3, -0.25) is 0 Å². The summed E-state index contributed by atoms with van der Waals surface area (Å²) in [6.07, 6.45) is 3.22. The molecule has 1 fully saturated rings. The molecule has 5 heteroatoms. The van der Waals surface area contributed by atoms with Crippen LogP contribution in [-0.2, 0) is 10.0 Å². The molecule has 0 N–H and O–H groups in total. The minimum Gasteiger partial charge on any atom is -0.211 e. The lowest BCUT2D eigenvalue weighted by atomic mass is 9.93. The van der Waals surface area contributed by atoms with Crippen LogP contribution in [0.15, 0.2) is 0 Å². The standard InChI is InChI=1S/C9H18BrNO2S/c1-3-9-5-4-8(2)11(6-9)14(12,13)7-10/h8-9H,3-7H2,1-2H3/t8-,9+/m0/s1. The number of sulfonamides is 1. The minimum atomic E-state index is -3.06. The van der Waals surface area contributed by atoms with Crippen molar-refractivity contribution in [2.75, 3.05) is 11.2 Å². The van der Waals surface area contributed by atoms with E-state index in [9.17, 15) is 8.42 Å². The van der Waals surface area contributed by atoms with Crippen molar-refractivity contribution in [3.63, 3.8) is 0 Å². The fourth-order valence-electron chi connectivity index (χ4n) is 1.93. The van der Waals surface area contributed by atoms with Crippen LogP contribution in [0.4, 0.5) is 0 Å². The van der Waals surface area contributed by atoms with E-state index >= 15 is 0 Å². The van der Waals surface area contributed by atoms with Crippen LogP contribution in [0.1, 0.15) is 33.1 Å². The van der Waals surface area contributed by atoms with Crippen molar-refractivity contribution < 1.29 is 8.42 Å². The van der Waals surface area contributed by atoms with E-state index in [1.165, 1.54) is 0 Å². The van der Waals surface area contributed by atoms with Crippen LogP contribution in [0.5, 0.6) is 0 Å². The van der Waals surface area contributed by atoms with E-state index in [0.29, 0.717) is 12.5 Å². The van der Waals surface area contributed by atoms with E-state index in [4.69, 9.17) is 0 Å². The molecule has 0 aromatic rings. The molecule has 2 atom stereocenters. The van der Waals surface area contributed by atoms with Crippen molar-refractivity contribution in [2.24, 2.45) is 5.92 Å². The highest BCUT2D eigenvalue weighted by molar-refractivity contribution is 9.10. The van der Waals surface area contributed by atoms with E-state index in [1.807, 2.05) is 6.92 Å². The average molecular weight is 284 g/mol. The second-order valence-electron chi connectivity index (χ2n) is 3.99. The summed E-state index contributed by atoms with van der Waals surface area (Å²) in [5.41, 5.74) is 0. The van der Waals surface area contributed by atoms with Crippen molar-refractivity contribution in [2.45, 2.75) is 39.2 Å². The fourth-order valence-corrected chi connectivity index (χ4v) is 3.94. The van der Waals surface area contributed by atoms with Crippen molar-refractivity contribution >= 4 is 26.0 Å². The van der Waals surface area contributed by atoms with Crippen LogP contribution in [0.25, 0.3) is 0 Å². The maximum Gasteiger partial charge on any atom is 0.224 e. The third kappa shape index (κ3) is 2.70. The van der Waals surface area contributed by atoms with Gasteiger partial charge < -0.3 is 0 Å². The molecule has 14 heavy (non-hydrogen) atoms. The van der Waals surface area contributed by atoms with Crippen LogP contribution in [-0.4, -0.2) is 30.0 Å². The van der Waals surface area contributed by atoms with Gasteiger partial charge in [-0.15, -0.1) is 0 Å². The minimum absolute atomic E-state index is 0.0424. The monoisotopic (exact) mass is 283 g/mol. The molecular formula is C9H18BrNO2S. The van der Waals surface area contributed by atoms with Gasteiger partial charge in [0.15, 0.2) is 0 Å². The summed E-state index contributed by atoms with van der Waals surface area (Å²) in [4.78, 5) is 0. The Bertz CT molecular complexity index is 279. The summed E-state index contributed by atoms with van der Waals surface area (Å²) in [5.74, 6) is 0.542. The molecule has 1 heterocycles. The number of nitrogens with zero attached hydrogens (tertiary/aromatic N) is 1. The molecule has 0 aliphatic carbocycles. The van der Waals surface area contributed by atoms with Crippen LogP contribution < -0.4 is 0 Å². The normalized spacial score (nSPS) is 30.5. The summed E-state index contributed by atoms with van der Waals surface area (Å²) in [6, 6.07) is 0.167. The maximum atomic E-state index is 11.7. The molecule has 0 aromatic carbocycles. The van der Waals surface area contributed by atoms with Crippen LogP contribution in [0.3, 0.4) is 0 Å². The predicted octanol–water partition coefficient (Wildman–Crippen LogP) is 2.18. The first-order chi connectivity index (χ1) is 6.51. The zero-order valence-corrected chi connectivity index (χ0v) is 11.1. The van der Waals surface area contributed by atoms with Gasteiger partial charge in [-0.25, -0.2) is 8.42 Å². The first-order valence-corrected chi connectivity index (χ1v) is 7.79. The van der Waals surface area contributed by atoms with Crippen molar-refractivity contribution in [3.8, 4) is 0 Å². The highest BCUT2D eigenvalue weighted by Crippen LogP contribution is 2.26. The van der Waals surface area contributed by atoms with E-state index in [0.717, 1.165) is 19.3 Å². The van der Waals surface area contributed by atoms with Gasteiger partial charge in [0.25, 0.3) is 0 Å². The molecule has 3 nitrogen and oxygen atoms in total.